The van der Waals surface area contributed by atoms with E-state index in [1.165, 1.54) is 11.8 Å². The van der Waals surface area contributed by atoms with Crippen molar-refractivity contribution in [3.8, 4) is 0 Å². The Morgan fingerprint density at radius 2 is 2.36 bits per heavy atom. The van der Waals surface area contributed by atoms with Crippen molar-refractivity contribution in [3.63, 3.8) is 0 Å². The number of hydrogen-bond donors (Lipinski definition) is 1. The highest BCUT2D eigenvalue weighted by Crippen LogP contribution is 2.18. The summed E-state index contributed by atoms with van der Waals surface area (Å²) < 4.78 is 0. The van der Waals surface area contributed by atoms with Crippen LogP contribution in [0.3, 0.4) is 0 Å². The molecule has 0 unspecified atom stereocenters. The van der Waals surface area contributed by atoms with Gasteiger partial charge in [-0.15, -0.1) is 11.8 Å². The summed E-state index contributed by atoms with van der Waals surface area (Å²) >= 11 is 7.20. The zero-order valence-electron chi connectivity index (χ0n) is 7.44. The molecular formula is C9H10ClNO2S. The highest BCUT2D eigenvalue weighted by Gasteiger charge is 1.98. The Hall–Kier alpha value is -0.740. The number of halogens is 1. The van der Waals surface area contributed by atoms with Crippen LogP contribution >= 0.6 is 23.4 Å². The van der Waals surface area contributed by atoms with E-state index in [2.05, 4.69) is 4.98 Å². The average molecular weight is 232 g/mol. The van der Waals surface area contributed by atoms with Crippen molar-refractivity contribution >= 4 is 29.3 Å². The third kappa shape index (κ3) is 4.48. The fourth-order valence-corrected chi connectivity index (χ4v) is 1.75. The lowest BCUT2D eigenvalue weighted by Gasteiger charge is -1.98. The van der Waals surface area contributed by atoms with E-state index in [1.807, 2.05) is 6.07 Å². The number of carbonyl (C=O) groups is 1. The SMILES string of the molecule is O=C(O)CCCSc1ccc(Cl)cn1. The lowest BCUT2D eigenvalue weighted by molar-refractivity contribution is -0.137. The second kappa shape index (κ2) is 5.88. The van der Waals surface area contributed by atoms with Gasteiger partial charge in [-0.1, -0.05) is 11.6 Å². The molecule has 1 rings (SSSR count). The van der Waals surface area contributed by atoms with Gasteiger partial charge in [0.25, 0.3) is 0 Å². The fraction of sp³-hybridized carbons (Fsp3) is 0.333. The highest BCUT2D eigenvalue weighted by atomic mass is 35.5. The molecule has 0 bridgehead atoms. The van der Waals surface area contributed by atoms with Crippen molar-refractivity contribution in [2.45, 2.75) is 17.9 Å². The Morgan fingerprint density at radius 1 is 1.57 bits per heavy atom. The van der Waals surface area contributed by atoms with E-state index >= 15 is 0 Å². The minimum Gasteiger partial charge on any atom is -0.481 e. The van der Waals surface area contributed by atoms with E-state index in [-0.39, 0.29) is 6.42 Å². The largest absolute Gasteiger partial charge is 0.481 e. The van der Waals surface area contributed by atoms with Crippen molar-refractivity contribution in [1.82, 2.24) is 4.98 Å². The number of carboxylic acid groups (broad SMARTS) is 1. The molecule has 0 aliphatic rings. The van der Waals surface area contributed by atoms with Crippen molar-refractivity contribution in [1.29, 1.82) is 0 Å². The van der Waals surface area contributed by atoms with Gasteiger partial charge in [0.1, 0.15) is 0 Å². The first-order valence-electron chi connectivity index (χ1n) is 4.14. The van der Waals surface area contributed by atoms with Gasteiger partial charge in [-0.05, 0) is 18.6 Å². The van der Waals surface area contributed by atoms with Crippen LogP contribution in [0.2, 0.25) is 5.02 Å². The summed E-state index contributed by atoms with van der Waals surface area (Å²) in [7, 11) is 0. The first kappa shape index (κ1) is 11.3. The van der Waals surface area contributed by atoms with Crippen molar-refractivity contribution in [3.05, 3.63) is 23.4 Å². The van der Waals surface area contributed by atoms with Crippen LogP contribution < -0.4 is 0 Å². The summed E-state index contributed by atoms with van der Waals surface area (Å²) in [5, 5.41) is 9.89. The third-order valence-corrected chi connectivity index (χ3v) is 2.74. The number of pyridine rings is 1. The maximum atomic E-state index is 10.2. The molecule has 0 spiro atoms. The molecule has 76 valence electrons. The summed E-state index contributed by atoms with van der Waals surface area (Å²) in [6.07, 6.45) is 2.45. The lowest BCUT2D eigenvalue weighted by Crippen LogP contribution is -1.94. The normalized spacial score (nSPS) is 10.1. The van der Waals surface area contributed by atoms with E-state index in [0.717, 1.165) is 10.8 Å². The summed E-state index contributed by atoms with van der Waals surface area (Å²) in [5.74, 6) is 0.00987. The standard InChI is InChI=1S/C9H10ClNO2S/c10-7-3-4-8(11-6-7)14-5-1-2-9(12)13/h3-4,6H,1-2,5H2,(H,12,13). The Kier molecular flexibility index (Phi) is 4.76. The molecule has 0 saturated heterocycles. The quantitative estimate of drug-likeness (QED) is 0.625. The molecule has 0 aliphatic carbocycles. The van der Waals surface area contributed by atoms with Gasteiger partial charge in [0.15, 0.2) is 0 Å². The van der Waals surface area contributed by atoms with Gasteiger partial charge >= 0.3 is 5.97 Å². The zero-order valence-corrected chi connectivity index (χ0v) is 9.01. The molecular weight excluding hydrogens is 222 g/mol. The van der Waals surface area contributed by atoms with E-state index in [9.17, 15) is 4.79 Å². The number of carboxylic acids is 1. The minimum absolute atomic E-state index is 0.209. The van der Waals surface area contributed by atoms with Crippen LogP contribution in [-0.4, -0.2) is 21.8 Å². The molecule has 0 atom stereocenters. The van der Waals surface area contributed by atoms with Crippen LogP contribution in [0.4, 0.5) is 0 Å². The first-order chi connectivity index (χ1) is 6.68. The van der Waals surface area contributed by atoms with Crippen molar-refractivity contribution in [2.24, 2.45) is 0 Å². The Bertz CT molecular complexity index is 302. The van der Waals surface area contributed by atoms with E-state index in [0.29, 0.717) is 11.4 Å². The monoisotopic (exact) mass is 231 g/mol. The highest BCUT2D eigenvalue weighted by molar-refractivity contribution is 7.99. The van der Waals surface area contributed by atoms with Gasteiger partial charge < -0.3 is 5.11 Å². The van der Waals surface area contributed by atoms with Crippen molar-refractivity contribution < 1.29 is 9.90 Å². The van der Waals surface area contributed by atoms with Crippen LogP contribution in [-0.2, 0) is 4.79 Å². The van der Waals surface area contributed by atoms with Gasteiger partial charge in [-0.25, -0.2) is 4.98 Å². The zero-order chi connectivity index (χ0) is 10.4. The molecule has 1 aromatic rings. The van der Waals surface area contributed by atoms with Crippen LogP contribution in [0.15, 0.2) is 23.4 Å². The first-order valence-corrected chi connectivity index (χ1v) is 5.51. The van der Waals surface area contributed by atoms with Crippen LogP contribution in [0.1, 0.15) is 12.8 Å². The van der Waals surface area contributed by atoms with Gasteiger partial charge in [-0.2, -0.15) is 0 Å². The second-order valence-corrected chi connectivity index (χ2v) is 4.21. The number of rotatable bonds is 5. The number of aromatic nitrogens is 1. The summed E-state index contributed by atoms with van der Waals surface area (Å²) in [4.78, 5) is 14.3. The molecule has 0 radical (unpaired) electrons. The van der Waals surface area contributed by atoms with Crippen LogP contribution in [0, 0.1) is 0 Å². The summed E-state index contributed by atoms with van der Waals surface area (Å²) in [6.45, 7) is 0. The molecule has 3 nitrogen and oxygen atoms in total. The molecule has 5 heteroatoms. The topological polar surface area (TPSA) is 50.2 Å². The minimum atomic E-state index is -0.755. The summed E-state index contributed by atoms with van der Waals surface area (Å²) in [5.41, 5.74) is 0. The predicted octanol–water partition coefficient (Wildman–Crippen LogP) is 2.69. The molecule has 14 heavy (non-hydrogen) atoms. The number of nitrogens with zero attached hydrogens (tertiary/aromatic N) is 1. The van der Waals surface area contributed by atoms with Gasteiger partial charge in [0.05, 0.1) is 10.0 Å². The fourth-order valence-electron chi connectivity index (χ4n) is 0.848. The van der Waals surface area contributed by atoms with Gasteiger partial charge in [0, 0.05) is 18.4 Å². The molecule has 1 heterocycles. The maximum absolute atomic E-state index is 10.2. The lowest BCUT2D eigenvalue weighted by atomic mass is 10.3. The third-order valence-electron chi connectivity index (χ3n) is 1.49. The molecule has 0 aromatic carbocycles. The number of hydrogen-bond acceptors (Lipinski definition) is 3. The Morgan fingerprint density at radius 3 is 2.93 bits per heavy atom. The molecule has 0 fully saturated rings. The predicted molar refractivity (Wildman–Crippen MR) is 56.8 cm³/mol. The Labute approximate surface area is 91.5 Å². The maximum Gasteiger partial charge on any atom is 0.303 e. The van der Waals surface area contributed by atoms with E-state index < -0.39 is 5.97 Å². The summed E-state index contributed by atoms with van der Waals surface area (Å²) in [6, 6.07) is 3.60. The molecule has 0 saturated carbocycles. The Balaban J connectivity index is 2.25. The second-order valence-electron chi connectivity index (χ2n) is 2.66. The van der Waals surface area contributed by atoms with Gasteiger partial charge in [0.2, 0.25) is 0 Å². The smallest absolute Gasteiger partial charge is 0.303 e. The number of thioether (sulfide) groups is 1. The van der Waals surface area contributed by atoms with Crippen LogP contribution in [0.25, 0.3) is 0 Å². The van der Waals surface area contributed by atoms with E-state index in [4.69, 9.17) is 16.7 Å². The average Bonchev–Trinajstić information content (AvgIpc) is 2.15. The van der Waals surface area contributed by atoms with Crippen molar-refractivity contribution in [2.75, 3.05) is 5.75 Å². The number of aliphatic carboxylic acids is 1. The molecule has 0 amide bonds. The molecule has 1 N–H and O–H groups in total. The van der Waals surface area contributed by atoms with Crippen LogP contribution in [0.5, 0.6) is 0 Å². The van der Waals surface area contributed by atoms with E-state index in [1.54, 1.807) is 12.3 Å². The van der Waals surface area contributed by atoms with Gasteiger partial charge in [-0.3, -0.25) is 4.79 Å². The molecule has 0 aliphatic heterocycles. The molecule has 1 aromatic heterocycles.